The van der Waals surface area contributed by atoms with Crippen molar-refractivity contribution in [1.29, 1.82) is 0 Å². The van der Waals surface area contributed by atoms with Crippen LogP contribution in [-0.4, -0.2) is 40.5 Å². The highest BCUT2D eigenvalue weighted by Crippen LogP contribution is 2.28. The number of ether oxygens (including phenoxy) is 2. The lowest BCUT2D eigenvalue weighted by Gasteiger charge is -2.33. The molecule has 0 unspecified atom stereocenters. The normalized spacial score (nSPS) is 22.4. The molecule has 1 aliphatic heterocycles. The lowest BCUT2D eigenvalue weighted by atomic mass is 10.1. The second-order valence-corrected chi connectivity index (χ2v) is 7.16. The van der Waals surface area contributed by atoms with Crippen LogP contribution in [0.5, 0.6) is 0 Å². The fourth-order valence-corrected chi connectivity index (χ4v) is 3.79. The van der Waals surface area contributed by atoms with Crippen LogP contribution in [0.3, 0.4) is 0 Å². The van der Waals surface area contributed by atoms with E-state index in [-0.39, 0.29) is 12.1 Å². The van der Waals surface area contributed by atoms with Gasteiger partial charge < -0.3 is 19.3 Å². The Bertz CT molecular complexity index is 770. The monoisotopic (exact) mass is 358 g/mol. The minimum absolute atomic E-state index is 0.0372. The summed E-state index contributed by atoms with van der Waals surface area (Å²) in [5, 5.41) is 7.63. The van der Waals surface area contributed by atoms with E-state index < -0.39 is 0 Å². The predicted molar refractivity (Wildman–Crippen MR) is 96.2 cm³/mol. The molecule has 26 heavy (non-hydrogen) atoms. The lowest BCUT2D eigenvalue weighted by molar-refractivity contribution is -0.0641. The van der Waals surface area contributed by atoms with Crippen LogP contribution in [0.25, 0.3) is 0 Å². The zero-order valence-corrected chi connectivity index (χ0v) is 15.7. The Hall–Kier alpha value is -1.99. The van der Waals surface area contributed by atoms with Crippen molar-refractivity contribution in [1.82, 2.24) is 15.1 Å². The molecule has 0 radical (unpaired) electrons. The summed E-state index contributed by atoms with van der Waals surface area (Å²) >= 11 is 0. The molecule has 3 heterocycles. The maximum absolute atomic E-state index is 6.19. The molecule has 1 N–H and O–H groups in total. The SMILES string of the molecule is Cc1nc2c(c(N[C@@H]3CCOC[C@H]3OCc3c(C)noc3C)n1)CCC2. The molecule has 140 valence electrons. The number of nitrogens with zero attached hydrogens (tertiary/aromatic N) is 3. The van der Waals surface area contributed by atoms with Gasteiger partial charge in [-0.3, -0.25) is 0 Å². The molecule has 7 heteroatoms. The Morgan fingerprint density at radius 3 is 2.88 bits per heavy atom. The van der Waals surface area contributed by atoms with E-state index in [1.165, 1.54) is 11.3 Å². The summed E-state index contributed by atoms with van der Waals surface area (Å²) in [6.45, 7) is 7.60. The number of aromatic nitrogens is 3. The number of hydrogen-bond acceptors (Lipinski definition) is 7. The van der Waals surface area contributed by atoms with Crippen LogP contribution >= 0.6 is 0 Å². The average molecular weight is 358 g/mol. The fourth-order valence-electron chi connectivity index (χ4n) is 3.79. The number of hydrogen-bond donors (Lipinski definition) is 1. The van der Waals surface area contributed by atoms with Gasteiger partial charge in [-0.05, 0) is 46.5 Å². The molecule has 0 spiro atoms. The molecule has 2 aliphatic rings. The van der Waals surface area contributed by atoms with Crippen LogP contribution in [0, 0.1) is 20.8 Å². The molecule has 0 amide bonds. The molecule has 1 saturated heterocycles. The van der Waals surface area contributed by atoms with Gasteiger partial charge >= 0.3 is 0 Å². The zero-order valence-electron chi connectivity index (χ0n) is 15.7. The minimum Gasteiger partial charge on any atom is -0.379 e. The molecule has 2 aromatic rings. The fraction of sp³-hybridized carbons (Fsp3) is 0.632. The predicted octanol–water partition coefficient (Wildman–Crippen LogP) is 2.66. The number of nitrogens with one attached hydrogen (secondary N) is 1. The molecular weight excluding hydrogens is 332 g/mol. The third kappa shape index (κ3) is 3.46. The van der Waals surface area contributed by atoms with Crippen LogP contribution in [0.4, 0.5) is 5.82 Å². The van der Waals surface area contributed by atoms with Crippen LogP contribution < -0.4 is 5.32 Å². The highest BCUT2D eigenvalue weighted by molar-refractivity contribution is 5.49. The topological polar surface area (TPSA) is 82.3 Å². The summed E-state index contributed by atoms with van der Waals surface area (Å²) in [4.78, 5) is 9.26. The van der Waals surface area contributed by atoms with Crippen molar-refractivity contribution in [3.8, 4) is 0 Å². The van der Waals surface area contributed by atoms with Crippen molar-refractivity contribution in [3.63, 3.8) is 0 Å². The number of aryl methyl sites for hydroxylation is 4. The van der Waals surface area contributed by atoms with Crippen LogP contribution in [0.1, 0.15) is 46.9 Å². The maximum Gasteiger partial charge on any atom is 0.139 e. The van der Waals surface area contributed by atoms with Gasteiger partial charge in [-0.15, -0.1) is 0 Å². The van der Waals surface area contributed by atoms with E-state index in [1.807, 2.05) is 20.8 Å². The highest BCUT2D eigenvalue weighted by Gasteiger charge is 2.29. The molecule has 0 bridgehead atoms. The van der Waals surface area contributed by atoms with Crippen LogP contribution in [0.15, 0.2) is 4.52 Å². The molecule has 2 atom stereocenters. The summed E-state index contributed by atoms with van der Waals surface area (Å²) in [7, 11) is 0. The van der Waals surface area contributed by atoms with Crippen molar-refractivity contribution < 1.29 is 14.0 Å². The highest BCUT2D eigenvalue weighted by atomic mass is 16.5. The van der Waals surface area contributed by atoms with Gasteiger partial charge in [-0.2, -0.15) is 0 Å². The quantitative estimate of drug-likeness (QED) is 0.880. The van der Waals surface area contributed by atoms with Gasteiger partial charge in [-0.25, -0.2) is 9.97 Å². The van der Waals surface area contributed by atoms with Crippen molar-refractivity contribution in [2.75, 3.05) is 18.5 Å². The molecule has 4 rings (SSSR count). The van der Waals surface area contributed by atoms with Gasteiger partial charge in [-0.1, -0.05) is 5.16 Å². The van der Waals surface area contributed by atoms with Crippen LogP contribution in [0.2, 0.25) is 0 Å². The first-order chi connectivity index (χ1) is 12.6. The first kappa shape index (κ1) is 17.4. The van der Waals surface area contributed by atoms with Gasteiger partial charge in [0, 0.05) is 23.4 Å². The molecule has 0 saturated carbocycles. The standard InChI is InChI=1S/C19H26N4O3/c1-11-15(12(2)26-23-11)9-25-18-10-24-8-7-17(18)22-19-14-5-4-6-16(14)20-13(3)21-19/h17-18H,4-10H2,1-3H3,(H,20,21,22)/t17-,18-/m1/s1. The summed E-state index contributed by atoms with van der Waals surface area (Å²) in [5.74, 6) is 2.62. The zero-order chi connectivity index (χ0) is 18.1. The van der Waals surface area contributed by atoms with E-state index in [0.29, 0.717) is 13.2 Å². The number of fused-ring (bicyclic) bond motifs is 1. The first-order valence-electron chi connectivity index (χ1n) is 9.36. The minimum atomic E-state index is -0.0372. The van der Waals surface area contributed by atoms with E-state index in [1.54, 1.807) is 0 Å². The molecule has 1 aliphatic carbocycles. The van der Waals surface area contributed by atoms with E-state index in [0.717, 1.165) is 61.0 Å². The average Bonchev–Trinajstić information content (AvgIpc) is 3.21. The first-order valence-corrected chi connectivity index (χ1v) is 9.36. The van der Waals surface area contributed by atoms with Gasteiger partial charge in [0.15, 0.2) is 0 Å². The van der Waals surface area contributed by atoms with Gasteiger partial charge in [0.05, 0.1) is 24.9 Å². The smallest absolute Gasteiger partial charge is 0.139 e. The van der Waals surface area contributed by atoms with E-state index in [9.17, 15) is 0 Å². The van der Waals surface area contributed by atoms with E-state index in [2.05, 4.69) is 20.4 Å². The second kappa shape index (κ2) is 7.32. The maximum atomic E-state index is 6.19. The van der Waals surface area contributed by atoms with Crippen molar-refractivity contribution in [3.05, 3.63) is 34.1 Å². The summed E-state index contributed by atoms with van der Waals surface area (Å²) in [5.41, 5.74) is 4.37. The Balaban J connectivity index is 1.48. The van der Waals surface area contributed by atoms with Gasteiger partial charge in [0.1, 0.15) is 23.5 Å². The van der Waals surface area contributed by atoms with Gasteiger partial charge in [0.2, 0.25) is 0 Å². The summed E-state index contributed by atoms with van der Waals surface area (Å²) in [6.07, 6.45) is 4.11. The third-order valence-corrected chi connectivity index (χ3v) is 5.29. The van der Waals surface area contributed by atoms with Crippen LogP contribution in [-0.2, 0) is 28.9 Å². The van der Waals surface area contributed by atoms with Gasteiger partial charge in [0.25, 0.3) is 0 Å². The Morgan fingerprint density at radius 2 is 2.08 bits per heavy atom. The van der Waals surface area contributed by atoms with Crippen molar-refractivity contribution in [2.45, 2.75) is 65.2 Å². The Morgan fingerprint density at radius 1 is 1.19 bits per heavy atom. The molecule has 0 aromatic carbocycles. The summed E-state index contributed by atoms with van der Waals surface area (Å²) < 4.78 is 17.1. The third-order valence-electron chi connectivity index (χ3n) is 5.29. The molecule has 1 fully saturated rings. The van der Waals surface area contributed by atoms with Crippen molar-refractivity contribution >= 4 is 5.82 Å². The Kier molecular flexibility index (Phi) is 4.91. The number of anilines is 1. The molecule has 7 nitrogen and oxygen atoms in total. The number of rotatable bonds is 5. The van der Waals surface area contributed by atoms with E-state index >= 15 is 0 Å². The van der Waals surface area contributed by atoms with E-state index in [4.69, 9.17) is 14.0 Å². The largest absolute Gasteiger partial charge is 0.379 e. The second-order valence-electron chi connectivity index (χ2n) is 7.16. The Labute approximate surface area is 153 Å². The summed E-state index contributed by atoms with van der Waals surface area (Å²) in [6, 6.07) is 0.170. The lowest BCUT2D eigenvalue weighted by Crippen LogP contribution is -2.44. The van der Waals surface area contributed by atoms with Crippen molar-refractivity contribution in [2.24, 2.45) is 0 Å². The molecular formula is C19H26N4O3. The molecule has 2 aromatic heterocycles.